The van der Waals surface area contributed by atoms with E-state index < -0.39 is 6.04 Å². The average Bonchev–Trinajstić information content (AvgIpc) is 2.60. The quantitative estimate of drug-likeness (QED) is 0.541. The topological polar surface area (TPSA) is 109 Å². The van der Waals surface area contributed by atoms with E-state index in [0.717, 1.165) is 5.56 Å². The van der Waals surface area contributed by atoms with E-state index in [1.807, 2.05) is 26.0 Å². The van der Waals surface area contributed by atoms with Crippen molar-refractivity contribution in [2.24, 2.45) is 11.7 Å². The molecule has 0 aliphatic carbocycles. The predicted molar refractivity (Wildman–Crippen MR) is 117 cm³/mol. The van der Waals surface area contributed by atoms with Crippen LogP contribution in [0.15, 0.2) is 48.8 Å². The van der Waals surface area contributed by atoms with Crippen molar-refractivity contribution in [1.29, 1.82) is 0 Å². The summed E-state index contributed by atoms with van der Waals surface area (Å²) >= 11 is 0. The van der Waals surface area contributed by atoms with E-state index in [9.17, 15) is 9.59 Å². The van der Waals surface area contributed by atoms with Gasteiger partial charge in [-0.05, 0) is 48.2 Å². The lowest BCUT2D eigenvalue weighted by Gasteiger charge is -2.15. The number of nitrogens with one attached hydrogen (secondary N) is 3. The van der Waals surface area contributed by atoms with Gasteiger partial charge in [-0.1, -0.05) is 19.9 Å². The zero-order valence-electron chi connectivity index (χ0n) is 15.8. The van der Waals surface area contributed by atoms with E-state index in [1.165, 1.54) is 0 Å². The molecule has 9 heteroatoms. The first-order valence-electron chi connectivity index (χ1n) is 8.54. The molecule has 0 aliphatic rings. The number of rotatable bonds is 7. The first-order chi connectivity index (χ1) is 12.4. The molecule has 0 saturated carbocycles. The summed E-state index contributed by atoms with van der Waals surface area (Å²) in [5.74, 6) is 0.103. The highest BCUT2D eigenvalue weighted by Gasteiger charge is 2.15. The van der Waals surface area contributed by atoms with Crippen LogP contribution in [-0.4, -0.2) is 23.0 Å². The zero-order chi connectivity index (χ0) is 18.9. The Hall–Kier alpha value is -2.35. The predicted octanol–water partition coefficient (Wildman–Crippen LogP) is 3.56. The number of urea groups is 1. The molecule has 7 nitrogen and oxygen atoms in total. The highest BCUT2D eigenvalue weighted by Crippen LogP contribution is 2.16. The van der Waals surface area contributed by atoms with Crippen molar-refractivity contribution in [3.8, 4) is 0 Å². The Balaban J connectivity index is 0.00000364. The summed E-state index contributed by atoms with van der Waals surface area (Å²) in [7, 11) is 0. The molecular weight excluding hydrogens is 401 g/mol. The number of pyridine rings is 1. The van der Waals surface area contributed by atoms with Crippen molar-refractivity contribution in [3.63, 3.8) is 0 Å². The molecule has 0 spiro atoms. The molecule has 0 radical (unpaired) electrons. The second-order valence-corrected chi connectivity index (χ2v) is 6.47. The zero-order valence-corrected chi connectivity index (χ0v) is 17.5. The van der Waals surface area contributed by atoms with Gasteiger partial charge in [0.1, 0.15) is 0 Å². The smallest absolute Gasteiger partial charge is 0.319 e. The molecule has 1 aromatic heterocycles. The molecule has 0 fully saturated rings. The molecule has 3 amide bonds. The Morgan fingerprint density at radius 1 is 1.04 bits per heavy atom. The Labute approximate surface area is 177 Å². The summed E-state index contributed by atoms with van der Waals surface area (Å²) in [5.41, 5.74) is 8.00. The van der Waals surface area contributed by atoms with Gasteiger partial charge in [0.15, 0.2) is 0 Å². The number of carbonyl (C=O) groups is 2. The van der Waals surface area contributed by atoms with Crippen LogP contribution in [0.5, 0.6) is 0 Å². The van der Waals surface area contributed by atoms with E-state index in [4.69, 9.17) is 5.73 Å². The van der Waals surface area contributed by atoms with Crippen LogP contribution in [0.25, 0.3) is 0 Å². The maximum absolute atomic E-state index is 12.1. The van der Waals surface area contributed by atoms with Gasteiger partial charge in [0.05, 0.1) is 6.04 Å². The lowest BCUT2D eigenvalue weighted by molar-refractivity contribution is -0.117. The normalized spacial score (nSPS) is 10.9. The van der Waals surface area contributed by atoms with Gasteiger partial charge in [-0.15, -0.1) is 24.8 Å². The van der Waals surface area contributed by atoms with Crippen molar-refractivity contribution >= 4 is 48.1 Å². The van der Waals surface area contributed by atoms with Gasteiger partial charge in [-0.2, -0.15) is 0 Å². The van der Waals surface area contributed by atoms with Crippen LogP contribution < -0.4 is 21.7 Å². The molecule has 1 heterocycles. The summed E-state index contributed by atoms with van der Waals surface area (Å²) in [6.07, 6.45) is 3.96. The Bertz CT molecular complexity index is 744. The van der Waals surface area contributed by atoms with Crippen LogP contribution in [0, 0.1) is 5.92 Å². The fraction of sp³-hybridized carbons (Fsp3) is 0.316. The first kappa shape index (κ1) is 25.6. The molecule has 154 valence electrons. The molecule has 2 aromatic rings. The van der Waals surface area contributed by atoms with Crippen LogP contribution in [0.4, 0.5) is 16.2 Å². The van der Waals surface area contributed by atoms with E-state index in [2.05, 4.69) is 20.9 Å². The Morgan fingerprint density at radius 2 is 1.64 bits per heavy atom. The second kappa shape index (κ2) is 12.9. The van der Waals surface area contributed by atoms with E-state index >= 15 is 0 Å². The SMILES string of the molecule is CC(C)C[C@H](N)C(=O)Nc1cccc(NC(=O)NCc2ccncc2)c1.Cl.Cl. The third-order valence-corrected chi connectivity index (χ3v) is 3.65. The molecule has 0 bridgehead atoms. The van der Waals surface area contributed by atoms with Crippen LogP contribution >= 0.6 is 24.8 Å². The molecular formula is C19H27Cl2N5O2. The molecule has 0 unspecified atom stereocenters. The molecule has 2 rings (SSSR count). The number of amides is 3. The van der Waals surface area contributed by atoms with Gasteiger partial charge in [0.2, 0.25) is 5.91 Å². The minimum absolute atomic E-state index is 0. The summed E-state index contributed by atoms with van der Waals surface area (Å²) in [6, 6.07) is 9.70. The van der Waals surface area contributed by atoms with Gasteiger partial charge in [-0.3, -0.25) is 9.78 Å². The van der Waals surface area contributed by atoms with E-state index in [1.54, 1.807) is 36.7 Å². The minimum atomic E-state index is -0.560. The fourth-order valence-electron chi connectivity index (χ4n) is 2.38. The molecule has 28 heavy (non-hydrogen) atoms. The van der Waals surface area contributed by atoms with Crippen molar-refractivity contribution in [1.82, 2.24) is 10.3 Å². The molecule has 0 saturated heterocycles. The molecule has 1 atom stereocenters. The van der Waals surface area contributed by atoms with Gasteiger partial charge < -0.3 is 21.7 Å². The number of anilines is 2. The standard InChI is InChI=1S/C19H25N5O2.2ClH/c1-13(2)10-17(20)18(25)23-15-4-3-5-16(11-15)24-19(26)22-12-14-6-8-21-9-7-14;;/h3-9,11,13,17H,10,12,20H2,1-2H3,(H,23,25)(H2,22,24,26);2*1H/t17-;;/m0../s1. The summed E-state index contributed by atoms with van der Waals surface area (Å²) in [4.78, 5) is 28.0. The highest BCUT2D eigenvalue weighted by atomic mass is 35.5. The lowest BCUT2D eigenvalue weighted by atomic mass is 10.0. The summed E-state index contributed by atoms with van der Waals surface area (Å²) in [5, 5.41) is 8.28. The van der Waals surface area contributed by atoms with Crippen molar-refractivity contribution in [2.45, 2.75) is 32.9 Å². The van der Waals surface area contributed by atoms with Crippen molar-refractivity contribution in [2.75, 3.05) is 10.6 Å². The van der Waals surface area contributed by atoms with Crippen LogP contribution in [-0.2, 0) is 11.3 Å². The highest BCUT2D eigenvalue weighted by molar-refractivity contribution is 5.96. The summed E-state index contributed by atoms with van der Waals surface area (Å²) in [6.45, 7) is 4.43. The number of nitrogens with two attached hydrogens (primary N) is 1. The van der Waals surface area contributed by atoms with E-state index in [-0.39, 0.29) is 36.8 Å². The number of hydrogen-bond acceptors (Lipinski definition) is 4. The number of benzene rings is 1. The van der Waals surface area contributed by atoms with Gasteiger partial charge in [0, 0.05) is 30.3 Å². The lowest BCUT2D eigenvalue weighted by Crippen LogP contribution is -2.36. The third-order valence-electron chi connectivity index (χ3n) is 3.65. The fourth-order valence-corrected chi connectivity index (χ4v) is 2.38. The maximum atomic E-state index is 12.1. The number of nitrogens with zero attached hydrogens (tertiary/aromatic N) is 1. The molecule has 1 aromatic carbocycles. The second-order valence-electron chi connectivity index (χ2n) is 6.47. The number of hydrogen-bond donors (Lipinski definition) is 4. The van der Waals surface area contributed by atoms with Crippen LogP contribution in [0.1, 0.15) is 25.8 Å². The average molecular weight is 428 g/mol. The monoisotopic (exact) mass is 427 g/mol. The summed E-state index contributed by atoms with van der Waals surface area (Å²) < 4.78 is 0. The molecule has 5 N–H and O–H groups in total. The van der Waals surface area contributed by atoms with Crippen LogP contribution in [0.2, 0.25) is 0 Å². The Morgan fingerprint density at radius 3 is 2.25 bits per heavy atom. The van der Waals surface area contributed by atoms with Crippen molar-refractivity contribution in [3.05, 3.63) is 54.4 Å². The molecule has 0 aliphatic heterocycles. The van der Waals surface area contributed by atoms with Crippen LogP contribution in [0.3, 0.4) is 0 Å². The number of aromatic nitrogens is 1. The largest absolute Gasteiger partial charge is 0.334 e. The van der Waals surface area contributed by atoms with E-state index in [0.29, 0.717) is 30.3 Å². The Kier molecular flexibility index (Phi) is 11.8. The van der Waals surface area contributed by atoms with Gasteiger partial charge in [-0.25, -0.2) is 4.79 Å². The third kappa shape index (κ3) is 9.03. The number of halogens is 2. The van der Waals surface area contributed by atoms with Gasteiger partial charge in [0.25, 0.3) is 0 Å². The maximum Gasteiger partial charge on any atom is 0.319 e. The van der Waals surface area contributed by atoms with Gasteiger partial charge >= 0.3 is 6.03 Å². The first-order valence-corrected chi connectivity index (χ1v) is 8.54. The van der Waals surface area contributed by atoms with Crippen molar-refractivity contribution < 1.29 is 9.59 Å². The number of carbonyl (C=O) groups excluding carboxylic acids is 2. The minimum Gasteiger partial charge on any atom is -0.334 e.